The van der Waals surface area contributed by atoms with E-state index < -0.39 is 0 Å². The molecule has 1 aliphatic rings. The molecule has 1 heterocycles. The van der Waals surface area contributed by atoms with Gasteiger partial charge in [-0.1, -0.05) is 18.2 Å². The fraction of sp³-hybridized carbons (Fsp3) is 0.647. The number of rotatable bonds is 8. The number of hydrogen-bond donors (Lipinski definition) is 1. The Labute approximate surface area is 122 Å². The summed E-state index contributed by atoms with van der Waals surface area (Å²) in [6.45, 7) is 4.59. The zero-order valence-corrected chi connectivity index (χ0v) is 12.7. The fourth-order valence-electron chi connectivity index (χ4n) is 2.96. The first kappa shape index (κ1) is 15.3. The van der Waals surface area contributed by atoms with E-state index in [0.29, 0.717) is 12.0 Å². The van der Waals surface area contributed by atoms with Crippen molar-refractivity contribution < 1.29 is 9.47 Å². The molecule has 0 saturated carbocycles. The zero-order chi connectivity index (χ0) is 14.2. The van der Waals surface area contributed by atoms with Crippen LogP contribution in [0.25, 0.3) is 0 Å². The molecule has 2 rings (SSSR count). The summed E-state index contributed by atoms with van der Waals surface area (Å²) in [5.41, 5.74) is 1.38. The Balaban J connectivity index is 1.88. The molecule has 0 aromatic heterocycles. The van der Waals surface area contributed by atoms with E-state index in [-0.39, 0.29) is 0 Å². The number of hydrogen-bond acceptors (Lipinski definition) is 3. The van der Waals surface area contributed by atoms with Gasteiger partial charge < -0.3 is 14.8 Å². The Morgan fingerprint density at radius 2 is 2.25 bits per heavy atom. The van der Waals surface area contributed by atoms with Gasteiger partial charge in [-0.05, 0) is 57.2 Å². The van der Waals surface area contributed by atoms with E-state index in [4.69, 9.17) is 9.47 Å². The largest absolute Gasteiger partial charge is 0.493 e. The minimum Gasteiger partial charge on any atom is -0.493 e. The SMILES string of the molecule is CCOCCCC(CC1CCOc2ccccc21)NC. The van der Waals surface area contributed by atoms with Crippen LogP contribution in [-0.4, -0.2) is 32.9 Å². The van der Waals surface area contributed by atoms with Gasteiger partial charge in [-0.3, -0.25) is 0 Å². The molecule has 1 aromatic rings. The second kappa shape index (κ2) is 8.28. The van der Waals surface area contributed by atoms with Gasteiger partial charge in [0.2, 0.25) is 0 Å². The van der Waals surface area contributed by atoms with Crippen molar-refractivity contribution in [2.24, 2.45) is 0 Å². The molecule has 2 unspecified atom stereocenters. The van der Waals surface area contributed by atoms with Crippen molar-refractivity contribution in [3.63, 3.8) is 0 Å². The van der Waals surface area contributed by atoms with Crippen molar-refractivity contribution in [1.29, 1.82) is 0 Å². The molecule has 0 amide bonds. The second-order valence-electron chi connectivity index (χ2n) is 5.43. The monoisotopic (exact) mass is 277 g/mol. The Morgan fingerprint density at radius 3 is 3.05 bits per heavy atom. The molecule has 3 heteroatoms. The average Bonchev–Trinajstić information content (AvgIpc) is 2.50. The lowest BCUT2D eigenvalue weighted by Gasteiger charge is -2.29. The first-order chi connectivity index (χ1) is 9.85. The molecule has 0 aliphatic carbocycles. The highest BCUT2D eigenvalue weighted by Gasteiger charge is 2.23. The molecule has 2 atom stereocenters. The molecule has 0 saturated heterocycles. The number of nitrogens with one attached hydrogen (secondary N) is 1. The topological polar surface area (TPSA) is 30.5 Å². The molecule has 0 bridgehead atoms. The standard InChI is InChI=1S/C17H27NO2/c1-3-19-11-6-7-15(18-2)13-14-10-12-20-17-9-5-4-8-16(14)17/h4-5,8-9,14-15,18H,3,6-7,10-13H2,1-2H3. The molecular formula is C17H27NO2. The van der Waals surface area contributed by atoms with Crippen LogP contribution in [0.15, 0.2) is 24.3 Å². The Bertz CT molecular complexity index is 394. The van der Waals surface area contributed by atoms with Crippen LogP contribution in [0.2, 0.25) is 0 Å². The lowest BCUT2D eigenvalue weighted by molar-refractivity contribution is 0.140. The fourth-order valence-corrected chi connectivity index (χ4v) is 2.96. The van der Waals surface area contributed by atoms with Crippen molar-refractivity contribution >= 4 is 0 Å². The summed E-state index contributed by atoms with van der Waals surface area (Å²) in [7, 11) is 2.07. The van der Waals surface area contributed by atoms with Gasteiger partial charge in [0.25, 0.3) is 0 Å². The minimum absolute atomic E-state index is 0.562. The van der Waals surface area contributed by atoms with Crippen LogP contribution in [0.5, 0.6) is 5.75 Å². The summed E-state index contributed by atoms with van der Waals surface area (Å²) in [5.74, 6) is 1.69. The predicted octanol–water partition coefficient (Wildman–Crippen LogP) is 3.35. The lowest BCUT2D eigenvalue weighted by Crippen LogP contribution is -2.29. The van der Waals surface area contributed by atoms with E-state index in [9.17, 15) is 0 Å². The second-order valence-corrected chi connectivity index (χ2v) is 5.43. The van der Waals surface area contributed by atoms with Crippen molar-refractivity contribution in [2.45, 2.75) is 44.6 Å². The van der Waals surface area contributed by atoms with E-state index in [2.05, 4.69) is 43.6 Å². The van der Waals surface area contributed by atoms with Crippen molar-refractivity contribution in [1.82, 2.24) is 5.32 Å². The first-order valence-corrected chi connectivity index (χ1v) is 7.81. The highest BCUT2D eigenvalue weighted by atomic mass is 16.5. The van der Waals surface area contributed by atoms with E-state index in [1.165, 1.54) is 18.4 Å². The van der Waals surface area contributed by atoms with E-state index in [1.807, 2.05) is 0 Å². The molecule has 0 spiro atoms. The molecule has 1 aliphatic heterocycles. The van der Waals surface area contributed by atoms with Crippen LogP contribution in [0.4, 0.5) is 0 Å². The van der Waals surface area contributed by atoms with Crippen molar-refractivity contribution in [2.75, 3.05) is 26.9 Å². The Morgan fingerprint density at radius 1 is 1.40 bits per heavy atom. The summed E-state index contributed by atoms with van der Waals surface area (Å²) >= 11 is 0. The van der Waals surface area contributed by atoms with Crippen LogP contribution in [0, 0.1) is 0 Å². The van der Waals surface area contributed by atoms with Gasteiger partial charge in [-0.15, -0.1) is 0 Å². The highest BCUT2D eigenvalue weighted by Crippen LogP contribution is 2.36. The smallest absolute Gasteiger partial charge is 0.122 e. The molecule has 0 fully saturated rings. The number of fused-ring (bicyclic) bond motifs is 1. The number of benzene rings is 1. The zero-order valence-electron chi connectivity index (χ0n) is 12.7. The van der Waals surface area contributed by atoms with Crippen LogP contribution >= 0.6 is 0 Å². The third-order valence-electron chi connectivity index (χ3n) is 4.11. The number of para-hydroxylation sites is 1. The summed E-state index contributed by atoms with van der Waals surface area (Å²) in [6.07, 6.45) is 4.61. The van der Waals surface area contributed by atoms with Crippen molar-refractivity contribution in [3.05, 3.63) is 29.8 Å². The predicted molar refractivity (Wildman–Crippen MR) is 82.5 cm³/mol. The van der Waals surface area contributed by atoms with Crippen LogP contribution in [0.1, 0.15) is 44.1 Å². The normalized spacial score (nSPS) is 19.2. The molecule has 20 heavy (non-hydrogen) atoms. The van der Waals surface area contributed by atoms with Gasteiger partial charge in [-0.25, -0.2) is 0 Å². The summed E-state index contributed by atoms with van der Waals surface area (Å²) in [5, 5.41) is 3.46. The van der Waals surface area contributed by atoms with Gasteiger partial charge in [0.15, 0.2) is 0 Å². The maximum Gasteiger partial charge on any atom is 0.122 e. The van der Waals surface area contributed by atoms with E-state index in [1.54, 1.807) is 0 Å². The van der Waals surface area contributed by atoms with Crippen LogP contribution < -0.4 is 10.1 Å². The Kier molecular flexibility index (Phi) is 6.34. The molecule has 1 aromatic carbocycles. The lowest BCUT2D eigenvalue weighted by atomic mass is 9.86. The van der Waals surface area contributed by atoms with E-state index in [0.717, 1.165) is 38.4 Å². The van der Waals surface area contributed by atoms with E-state index >= 15 is 0 Å². The Hall–Kier alpha value is -1.06. The summed E-state index contributed by atoms with van der Waals surface area (Å²) in [6, 6.07) is 9.03. The van der Waals surface area contributed by atoms with Gasteiger partial charge >= 0.3 is 0 Å². The number of ether oxygens (including phenoxy) is 2. The van der Waals surface area contributed by atoms with Gasteiger partial charge in [-0.2, -0.15) is 0 Å². The third-order valence-corrected chi connectivity index (χ3v) is 4.11. The summed E-state index contributed by atoms with van der Waals surface area (Å²) in [4.78, 5) is 0. The van der Waals surface area contributed by atoms with Crippen LogP contribution in [-0.2, 0) is 4.74 Å². The maximum absolute atomic E-state index is 5.74. The van der Waals surface area contributed by atoms with Gasteiger partial charge in [0.1, 0.15) is 5.75 Å². The molecule has 112 valence electrons. The molecule has 1 N–H and O–H groups in total. The molecular weight excluding hydrogens is 250 g/mol. The first-order valence-electron chi connectivity index (χ1n) is 7.81. The average molecular weight is 277 g/mol. The summed E-state index contributed by atoms with van der Waals surface area (Å²) < 4.78 is 11.2. The molecule has 0 radical (unpaired) electrons. The van der Waals surface area contributed by atoms with Gasteiger partial charge in [0.05, 0.1) is 6.61 Å². The van der Waals surface area contributed by atoms with Crippen LogP contribution in [0.3, 0.4) is 0 Å². The highest BCUT2D eigenvalue weighted by molar-refractivity contribution is 5.37. The molecule has 3 nitrogen and oxygen atoms in total. The minimum atomic E-state index is 0.562. The van der Waals surface area contributed by atoms with Gasteiger partial charge in [0, 0.05) is 19.3 Å². The maximum atomic E-state index is 5.74. The third kappa shape index (κ3) is 4.22. The van der Waals surface area contributed by atoms with Crippen molar-refractivity contribution in [3.8, 4) is 5.75 Å². The quantitative estimate of drug-likeness (QED) is 0.739.